The maximum Gasteiger partial charge on any atom is 0.0992 e. The van der Waals surface area contributed by atoms with E-state index in [0.717, 1.165) is 14.1 Å². The second-order valence-corrected chi connectivity index (χ2v) is 3.65. The summed E-state index contributed by atoms with van der Waals surface area (Å²) in [5, 5.41) is 0.776. The van der Waals surface area contributed by atoms with Crippen molar-refractivity contribution in [3.05, 3.63) is 33.4 Å². The van der Waals surface area contributed by atoms with Crippen LogP contribution < -0.4 is 0 Å². The Balaban J connectivity index is 2.93. The number of fused-ring (bicyclic) bond motifs is 1. The molecule has 0 bridgehead atoms. The van der Waals surface area contributed by atoms with E-state index in [9.17, 15) is 0 Å². The van der Waals surface area contributed by atoms with Gasteiger partial charge in [-0.1, -0.05) is 11.6 Å². The van der Waals surface area contributed by atoms with Gasteiger partial charge in [-0.2, -0.15) is 0 Å². The highest BCUT2D eigenvalue weighted by atomic mass is 127. The quantitative estimate of drug-likeness (QED) is 0.677. The van der Waals surface area contributed by atoms with Crippen LogP contribution in [0.1, 0.15) is 0 Å². The molecule has 2 aromatic rings. The van der Waals surface area contributed by atoms with Crippen molar-refractivity contribution in [2.75, 3.05) is 0 Å². The van der Waals surface area contributed by atoms with Crippen molar-refractivity contribution in [2.45, 2.75) is 0 Å². The molecule has 11 heavy (non-hydrogen) atoms. The number of halogens is 2. The van der Waals surface area contributed by atoms with E-state index in [2.05, 4.69) is 27.6 Å². The Morgan fingerprint density at radius 1 is 1.55 bits per heavy atom. The largest absolute Gasteiger partial charge is 0.305 e. The van der Waals surface area contributed by atoms with E-state index < -0.39 is 0 Å². The van der Waals surface area contributed by atoms with Gasteiger partial charge >= 0.3 is 0 Å². The Bertz CT molecular complexity index is 396. The second kappa shape index (κ2) is 2.64. The predicted octanol–water partition coefficient (Wildman–Crippen LogP) is 2.59. The minimum Gasteiger partial charge on any atom is -0.305 e. The lowest BCUT2D eigenvalue weighted by Crippen LogP contribution is -1.84. The summed E-state index contributed by atoms with van der Waals surface area (Å²) in [6.45, 7) is 0. The molecule has 56 valence electrons. The second-order valence-electron chi connectivity index (χ2n) is 2.16. The lowest BCUT2D eigenvalue weighted by Gasteiger charge is -1.97. The highest BCUT2D eigenvalue weighted by Gasteiger charge is 2.01. The van der Waals surface area contributed by atoms with E-state index >= 15 is 0 Å². The van der Waals surface area contributed by atoms with Gasteiger partial charge in [0, 0.05) is 6.20 Å². The molecule has 0 fully saturated rings. The SMILES string of the molecule is Clc1ccn2cncc2c1I. The predicted molar refractivity (Wildman–Crippen MR) is 52.9 cm³/mol. The van der Waals surface area contributed by atoms with Crippen LogP contribution in [0.4, 0.5) is 0 Å². The molecular weight excluding hydrogens is 274 g/mol. The molecule has 0 saturated carbocycles. The average Bonchev–Trinajstić information content (AvgIpc) is 2.45. The van der Waals surface area contributed by atoms with E-state index in [-0.39, 0.29) is 0 Å². The fourth-order valence-corrected chi connectivity index (χ4v) is 1.69. The van der Waals surface area contributed by atoms with Crippen molar-refractivity contribution >= 4 is 39.7 Å². The first-order valence-corrected chi connectivity index (χ1v) is 4.50. The molecule has 0 atom stereocenters. The first-order chi connectivity index (χ1) is 5.29. The van der Waals surface area contributed by atoms with Gasteiger partial charge in [-0.05, 0) is 28.7 Å². The number of hydrogen-bond acceptors (Lipinski definition) is 1. The lowest BCUT2D eigenvalue weighted by atomic mass is 10.4. The standard InChI is InChI=1S/C7H4ClIN2/c8-5-1-2-11-4-10-3-6(11)7(5)9/h1-4H. The zero-order valence-electron chi connectivity index (χ0n) is 5.46. The number of imidazole rings is 1. The molecule has 0 saturated heterocycles. The van der Waals surface area contributed by atoms with E-state index in [1.54, 1.807) is 12.5 Å². The number of hydrogen-bond donors (Lipinski definition) is 0. The molecule has 2 heterocycles. The highest BCUT2D eigenvalue weighted by molar-refractivity contribution is 14.1. The van der Waals surface area contributed by atoms with Gasteiger partial charge < -0.3 is 4.40 Å². The molecule has 2 aromatic heterocycles. The molecule has 0 radical (unpaired) electrons. The molecule has 0 aliphatic heterocycles. The topological polar surface area (TPSA) is 17.3 Å². The summed E-state index contributed by atoms with van der Waals surface area (Å²) in [6, 6.07) is 1.86. The Kier molecular flexibility index (Phi) is 1.77. The van der Waals surface area contributed by atoms with Crippen molar-refractivity contribution in [1.82, 2.24) is 9.38 Å². The third kappa shape index (κ3) is 1.12. The monoisotopic (exact) mass is 278 g/mol. The zero-order chi connectivity index (χ0) is 7.84. The maximum absolute atomic E-state index is 5.90. The summed E-state index contributed by atoms with van der Waals surface area (Å²) in [6.07, 6.45) is 5.45. The van der Waals surface area contributed by atoms with Crippen LogP contribution in [-0.2, 0) is 0 Å². The van der Waals surface area contributed by atoms with Gasteiger partial charge in [0.15, 0.2) is 0 Å². The smallest absolute Gasteiger partial charge is 0.0992 e. The van der Waals surface area contributed by atoms with Crippen LogP contribution in [0, 0.1) is 3.57 Å². The van der Waals surface area contributed by atoms with Crippen LogP contribution in [0.5, 0.6) is 0 Å². The highest BCUT2D eigenvalue weighted by Crippen LogP contribution is 2.21. The number of rotatable bonds is 0. The molecule has 2 nitrogen and oxygen atoms in total. The molecule has 2 rings (SSSR count). The minimum absolute atomic E-state index is 0.776. The van der Waals surface area contributed by atoms with Crippen LogP contribution in [0.3, 0.4) is 0 Å². The Morgan fingerprint density at radius 3 is 3.18 bits per heavy atom. The van der Waals surface area contributed by atoms with Gasteiger partial charge in [0.1, 0.15) is 0 Å². The molecule has 0 amide bonds. The van der Waals surface area contributed by atoms with Crippen LogP contribution in [0.2, 0.25) is 5.02 Å². The van der Waals surface area contributed by atoms with Gasteiger partial charge in [0.2, 0.25) is 0 Å². The fourth-order valence-electron chi connectivity index (χ4n) is 0.935. The molecule has 0 aliphatic carbocycles. The summed E-state index contributed by atoms with van der Waals surface area (Å²) in [5.41, 5.74) is 1.05. The summed E-state index contributed by atoms with van der Waals surface area (Å²) in [5.74, 6) is 0. The molecule has 0 N–H and O–H groups in total. The van der Waals surface area contributed by atoms with Crippen LogP contribution in [0.25, 0.3) is 5.52 Å². The van der Waals surface area contributed by atoms with Gasteiger partial charge in [-0.15, -0.1) is 0 Å². The minimum atomic E-state index is 0.776. The third-order valence-electron chi connectivity index (χ3n) is 1.48. The van der Waals surface area contributed by atoms with Crippen LogP contribution in [-0.4, -0.2) is 9.38 Å². The summed E-state index contributed by atoms with van der Waals surface area (Å²) >= 11 is 8.10. The third-order valence-corrected chi connectivity index (χ3v) is 3.25. The molecule has 0 aromatic carbocycles. The summed E-state index contributed by atoms with van der Waals surface area (Å²) in [4.78, 5) is 4.00. The Morgan fingerprint density at radius 2 is 2.36 bits per heavy atom. The van der Waals surface area contributed by atoms with Gasteiger partial charge in [0.05, 0.1) is 26.6 Å². The lowest BCUT2D eigenvalue weighted by molar-refractivity contribution is 1.15. The average molecular weight is 278 g/mol. The van der Waals surface area contributed by atoms with Gasteiger partial charge in [0.25, 0.3) is 0 Å². The van der Waals surface area contributed by atoms with Crippen LogP contribution in [0.15, 0.2) is 24.8 Å². The molecule has 0 aliphatic rings. The first-order valence-electron chi connectivity index (χ1n) is 3.05. The summed E-state index contributed by atoms with van der Waals surface area (Å²) < 4.78 is 2.98. The number of nitrogens with zero attached hydrogens (tertiary/aromatic N) is 2. The maximum atomic E-state index is 5.90. The zero-order valence-corrected chi connectivity index (χ0v) is 8.37. The van der Waals surface area contributed by atoms with Crippen LogP contribution >= 0.6 is 34.2 Å². The van der Waals surface area contributed by atoms with E-state index in [4.69, 9.17) is 11.6 Å². The van der Waals surface area contributed by atoms with E-state index in [1.165, 1.54) is 0 Å². The van der Waals surface area contributed by atoms with Crippen molar-refractivity contribution < 1.29 is 0 Å². The first kappa shape index (κ1) is 7.36. The van der Waals surface area contributed by atoms with Crippen molar-refractivity contribution in [1.29, 1.82) is 0 Å². The number of aromatic nitrogens is 2. The van der Waals surface area contributed by atoms with E-state index in [1.807, 2.05) is 16.7 Å². The van der Waals surface area contributed by atoms with Crippen molar-refractivity contribution in [3.63, 3.8) is 0 Å². The number of pyridine rings is 1. The van der Waals surface area contributed by atoms with Gasteiger partial charge in [-0.25, -0.2) is 4.98 Å². The Hall–Kier alpha value is -0.290. The van der Waals surface area contributed by atoms with Crippen molar-refractivity contribution in [2.24, 2.45) is 0 Å². The van der Waals surface area contributed by atoms with E-state index in [0.29, 0.717) is 0 Å². The molecule has 0 unspecified atom stereocenters. The normalized spacial score (nSPS) is 10.7. The van der Waals surface area contributed by atoms with Crippen molar-refractivity contribution in [3.8, 4) is 0 Å². The summed E-state index contributed by atoms with van der Waals surface area (Å²) in [7, 11) is 0. The molecule has 0 spiro atoms. The Labute approximate surface area is 82.3 Å². The molecular formula is C7H4ClIN2. The fraction of sp³-hybridized carbons (Fsp3) is 0. The molecule has 4 heteroatoms. The van der Waals surface area contributed by atoms with Gasteiger partial charge in [-0.3, -0.25) is 0 Å².